The van der Waals surface area contributed by atoms with Gasteiger partial charge in [-0.05, 0) is 44.5 Å². The zero-order valence-electron chi connectivity index (χ0n) is 15.1. The predicted octanol–water partition coefficient (Wildman–Crippen LogP) is 3.60. The maximum Gasteiger partial charge on any atom is 0.241 e. The van der Waals surface area contributed by atoms with Crippen LogP contribution in [0.15, 0.2) is 59.8 Å². The number of aryl methyl sites for hydroxylation is 2. The smallest absolute Gasteiger partial charge is 0.241 e. The normalized spacial score (nSPS) is 12.9. The van der Waals surface area contributed by atoms with Crippen molar-refractivity contribution in [3.8, 4) is 5.75 Å². The van der Waals surface area contributed by atoms with Crippen LogP contribution in [0.3, 0.4) is 0 Å². The van der Waals surface area contributed by atoms with Gasteiger partial charge >= 0.3 is 0 Å². The Morgan fingerprint density at radius 1 is 1.15 bits per heavy atom. The topological polar surface area (TPSA) is 68.3 Å². The molecule has 3 aromatic rings. The minimum absolute atomic E-state index is 0.228. The molecule has 0 amide bonds. The van der Waals surface area contributed by atoms with E-state index < -0.39 is 10.0 Å². The van der Waals surface area contributed by atoms with E-state index >= 15 is 0 Å². The zero-order chi connectivity index (χ0) is 18.7. The Morgan fingerprint density at radius 3 is 2.73 bits per heavy atom. The molecule has 0 aliphatic carbocycles. The van der Waals surface area contributed by atoms with Crippen LogP contribution in [0, 0.1) is 13.8 Å². The summed E-state index contributed by atoms with van der Waals surface area (Å²) >= 11 is 0. The van der Waals surface area contributed by atoms with Gasteiger partial charge in [0.1, 0.15) is 12.4 Å². The number of sulfonamides is 1. The summed E-state index contributed by atoms with van der Waals surface area (Å²) in [5.74, 6) is 0.711. The minimum atomic E-state index is -3.59. The summed E-state index contributed by atoms with van der Waals surface area (Å²) in [6.07, 6.45) is 3.48. The predicted molar refractivity (Wildman–Crippen MR) is 103 cm³/mol. The van der Waals surface area contributed by atoms with Crippen LogP contribution in [-0.2, 0) is 10.0 Å². The van der Waals surface area contributed by atoms with Crippen LogP contribution in [0.4, 0.5) is 0 Å². The number of pyridine rings is 1. The second-order valence-electron chi connectivity index (χ2n) is 6.46. The molecule has 5 nitrogen and oxygen atoms in total. The van der Waals surface area contributed by atoms with Crippen molar-refractivity contribution < 1.29 is 13.2 Å². The third-order valence-corrected chi connectivity index (χ3v) is 5.86. The van der Waals surface area contributed by atoms with Gasteiger partial charge in [0, 0.05) is 23.2 Å². The molecule has 0 saturated heterocycles. The van der Waals surface area contributed by atoms with Crippen molar-refractivity contribution >= 4 is 20.8 Å². The first kappa shape index (κ1) is 18.4. The lowest BCUT2D eigenvalue weighted by Gasteiger charge is -2.17. The number of ether oxygens (including phenoxy) is 1. The quantitative estimate of drug-likeness (QED) is 0.720. The van der Waals surface area contributed by atoms with Crippen LogP contribution in [0.2, 0.25) is 0 Å². The third kappa shape index (κ3) is 4.03. The molecular weight excluding hydrogens is 348 g/mol. The van der Waals surface area contributed by atoms with Gasteiger partial charge < -0.3 is 4.74 Å². The highest BCUT2D eigenvalue weighted by atomic mass is 32.2. The number of nitrogens with one attached hydrogen (secondary N) is 1. The van der Waals surface area contributed by atoms with Crippen molar-refractivity contribution in [1.29, 1.82) is 0 Å². The Bertz CT molecular complexity index is 1030. The molecular formula is C20H22N2O3S. The highest BCUT2D eigenvalue weighted by Gasteiger charge is 2.20. The van der Waals surface area contributed by atoms with Gasteiger partial charge in [-0.2, -0.15) is 0 Å². The molecule has 0 saturated carbocycles. The number of fused-ring (bicyclic) bond motifs is 1. The van der Waals surface area contributed by atoms with E-state index in [9.17, 15) is 8.42 Å². The summed E-state index contributed by atoms with van der Waals surface area (Å²) in [7, 11) is -3.59. The number of rotatable bonds is 6. The standard InChI is InChI=1S/C20H22N2O3S/c1-14-7-8-20(15(2)11-14)26(23,24)22-16(3)13-25-19-6-4-5-17-12-21-10-9-18(17)19/h4-12,16,22H,13H2,1-3H3/t16-/m0/s1. The average Bonchev–Trinajstić information content (AvgIpc) is 2.59. The van der Waals surface area contributed by atoms with Gasteiger partial charge in [0.2, 0.25) is 10.0 Å². The van der Waals surface area contributed by atoms with Crippen molar-refractivity contribution in [2.45, 2.75) is 31.7 Å². The molecule has 1 N–H and O–H groups in total. The molecule has 3 rings (SSSR count). The summed E-state index contributed by atoms with van der Waals surface area (Å²) in [6, 6.07) is 12.5. The molecule has 1 heterocycles. The fraction of sp³-hybridized carbons (Fsp3) is 0.250. The first-order valence-electron chi connectivity index (χ1n) is 8.42. The summed E-state index contributed by atoms with van der Waals surface area (Å²) in [5, 5.41) is 1.93. The lowest BCUT2D eigenvalue weighted by Crippen LogP contribution is -2.37. The van der Waals surface area contributed by atoms with E-state index in [1.54, 1.807) is 38.4 Å². The molecule has 0 aliphatic heterocycles. The van der Waals surface area contributed by atoms with E-state index in [1.165, 1.54) is 0 Å². The van der Waals surface area contributed by atoms with Crippen LogP contribution in [0.25, 0.3) is 10.8 Å². The molecule has 0 spiro atoms. The van der Waals surface area contributed by atoms with E-state index in [1.807, 2.05) is 37.3 Å². The van der Waals surface area contributed by atoms with Crippen molar-refractivity contribution in [3.05, 3.63) is 66.0 Å². The van der Waals surface area contributed by atoms with Crippen LogP contribution in [-0.4, -0.2) is 26.1 Å². The highest BCUT2D eigenvalue weighted by Crippen LogP contribution is 2.24. The highest BCUT2D eigenvalue weighted by molar-refractivity contribution is 7.89. The summed E-state index contributed by atoms with van der Waals surface area (Å²) in [6.45, 7) is 5.75. The lowest BCUT2D eigenvalue weighted by molar-refractivity contribution is 0.290. The van der Waals surface area contributed by atoms with E-state index in [2.05, 4.69) is 9.71 Å². The van der Waals surface area contributed by atoms with Crippen molar-refractivity contribution in [2.24, 2.45) is 0 Å². The van der Waals surface area contributed by atoms with Gasteiger partial charge in [0.25, 0.3) is 0 Å². The molecule has 0 bridgehead atoms. The van der Waals surface area contributed by atoms with Gasteiger partial charge in [-0.15, -0.1) is 0 Å². The van der Waals surface area contributed by atoms with Gasteiger partial charge in [0.05, 0.1) is 10.9 Å². The Hall–Kier alpha value is -2.44. The Kier molecular flexibility index (Phi) is 5.25. The Labute approximate surface area is 154 Å². The Balaban J connectivity index is 1.71. The average molecular weight is 370 g/mol. The van der Waals surface area contributed by atoms with Crippen molar-refractivity contribution in [1.82, 2.24) is 9.71 Å². The molecule has 0 fully saturated rings. The van der Waals surface area contributed by atoms with Gasteiger partial charge in [0.15, 0.2) is 0 Å². The molecule has 1 atom stereocenters. The van der Waals surface area contributed by atoms with E-state index in [0.717, 1.165) is 21.9 Å². The molecule has 0 unspecified atom stereocenters. The minimum Gasteiger partial charge on any atom is -0.491 e. The molecule has 2 aromatic carbocycles. The monoisotopic (exact) mass is 370 g/mol. The van der Waals surface area contributed by atoms with Crippen LogP contribution in [0.5, 0.6) is 5.75 Å². The molecule has 136 valence electrons. The van der Waals surface area contributed by atoms with Crippen LogP contribution in [0.1, 0.15) is 18.1 Å². The number of hydrogen-bond acceptors (Lipinski definition) is 4. The summed E-state index contributed by atoms with van der Waals surface area (Å²) in [4.78, 5) is 4.40. The maximum absolute atomic E-state index is 12.6. The van der Waals surface area contributed by atoms with E-state index in [-0.39, 0.29) is 12.6 Å². The maximum atomic E-state index is 12.6. The summed E-state index contributed by atoms with van der Waals surface area (Å²) < 4.78 is 33.8. The van der Waals surface area contributed by atoms with Crippen LogP contribution < -0.4 is 9.46 Å². The van der Waals surface area contributed by atoms with E-state index in [0.29, 0.717) is 10.6 Å². The fourth-order valence-electron chi connectivity index (χ4n) is 2.90. The van der Waals surface area contributed by atoms with Crippen LogP contribution >= 0.6 is 0 Å². The van der Waals surface area contributed by atoms with E-state index in [4.69, 9.17) is 4.74 Å². The summed E-state index contributed by atoms with van der Waals surface area (Å²) in [5.41, 5.74) is 1.76. The molecule has 6 heteroatoms. The molecule has 1 aromatic heterocycles. The van der Waals surface area contributed by atoms with Gasteiger partial charge in [-0.1, -0.05) is 29.8 Å². The first-order valence-corrected chi connectivity index (χ1v) is 9.90. The van der Waals surface area contributed by atoms with Crippen molar-refractivity contribution in [3.63, 3.8) is 0 Å². The van der Waals surface area contributed by atoms with Crippen molar-refractivity contribution in [2.75, 3.05) is 6.61 Å². The number of nitrogens with zero attached hydrogens (tertiary/aromatic N) is 1. The Morgan fingerprint density at radius 2 is 1.96 bits per heavy atom. The number of hydrogen-bond donors (Lipinski definition) is 1. The first-order chi connectivity index (χ1) is 12.4. The second-order valence-corrected chi connectivity index (χ2v) is 8.14. The van der Waals surface area contributed by atoms with Gasteiger partial charge in [-0.3, -0.25) is 4.98 Å². The van der Waals surface area contributed by atoms with Gasteiger partial charge in [-0.25, -0.2) is 13.1 Å². The molecule has 0 radical (unpaired) electrons. The number of aromatic nitrogens is 1. The second kappa shape index (κ2) is 7.43. The molecule has 0 aliphatic rings. The lowest BCUT2D eigenvalue weighted by atomic mass is 10.1. The molecule has 26 heavy (non-hydrogen) atoms. The number of benzene rings is 2. The fourth-order valence-corrected chi connectivity index (χ4v) is 4.35. The largest absolute Gasteiger partial charge is 0.491 e. The zero-order valence-corrected chi connectivity index (χ0v) is 15.9. The third-order valence-electron chi connectivity index (χ3n) is 4.11. The SMILES string of the molecule is Cc1ccc(S(=O)(=O)N[C@@H](C)COc2cccc3cnccc23)c(C)c1.